The molecule has 0 spiro atoms. The van der Waals surface area contributed by atoms with Crippen LogP contribution in [-0.2, 0) is 13.1 Å². The summed E-state index contributed by atoms with van der Waals surface area (Å²) in [5, 5.41) is 2.93. The lowest BCUT2D eigenvalue weighted by atomic mass is 10.2. The number of benzene rings is 1. The molecule has 2 aromatic rings. The van der Waals surface area contributed by atoms with Crippen LogP contribution in [0, 0.1) is 5.82 Å². The molecule has 0 amide bonds. The molecule has 1 N–H and O–H groups in total. The Labute approximate surface area is 142 Å². The van der Waals surface area contributed by atoms with Crippen molar-refractivity contribution in [2.24, 2.45) is 0 Å². The molecule has 1 fully saturated rings. The predicted molar refractivity (Wildman–Crippen MR) is 93.1 cm³/mol. The molecule has 0 atom stereocenters. The molecule has 3 rings (SSSR count). The van der Waals surface area contributed by atoms with Gasteiger partial charge in [-0.3, -0.25) is 9.80 Å². The normalized spacial score (nSPS) is 16.8. The van der Waals surface area contributed by atoms with Gasteiger partial charge in [-0.1, -0.05) is 12.1 Å². The van der Waals surface area contributed by atoms with Crippen LogP contribution in [0.15, 0.2) is 36.7 Å². The molecule has 6 heteroatoms. The van der Waals surface area contributed by atoms with E-state index in [4.69, 9.17) is 0 Å². The van der Waals surface area contributed by atoms with Gasteiger partial charge >= 0.3 is 0 Å². The Morgan fingerprint density at radius 1 is 1.00 bits per heavy atom. The highest BCUT2D eigenvalue weighted by molar-refractivity contribution is 5.23. The average molecular weight is 329 g/mol. The van der Waals surface area contributed by atoms with Crippen LogP contribution in [-0.4, -0.2) is 53.0 Å². The van der Waals surface area contributed by atoms with Crippen molar-refractivity contribution in [3.8, 4) is 0 Å². The smallest absolute Gasteiger partial charge is 0.222 e. The summed E-state index contributed by atoms with van der Waals surface area (Å²) in [7, 11) is 1.82. The average Bonchev–Trinajstić information content (AvgIpc) is 2.81. The Morgan fingerprint density at radius 2 is 1.67 bits per heavy atom. The summed E-state index contributed by atoms with van der Waals surface area (Å²) >= 11 is 0. The van der Waals surface area contributed by atoms with Crippen LogP contribution in [0.25, 0.3) is 0 Å². The minimum absolute atomic E-state index is 0.158. The van der Waals surface area contributed by atoms with E-state index < -0.39 is 0 Å². The van der Waals surface area contributed by atoms with Crippen molar-refractivity contribution in [2.75, 3.05) is 38.5 Å². The highest BCUT2D eigenvalue weighted by atomic mass is 19.1. The van der Waals surface area contributed by atoms with Gasteiger partial charge in [0.05, 0.1) is 0 Å². The number of nitrogens with one attached hydrogen (secondary N) is 1. The first kappa shape index (κ1) is 16.8. The van der Waals surface area contributed by atoms with Gasteiger partial charge in [0, 0.05) is 51.2 Å². The summed E-state index contributed by atoms with van der Waals surface area (Å²) in [6.45, 7) is 5.79. The molecule has 1 aliphatic rings. The van der Waals surface area contributed by atoms with E-state index in [1.165, 1.54) is 6.07 Å². The van der Waals surface area contributed by atoms with Gasteiger partial charge in [0.1, 0.15) is 5.82 Å². The van der Waals surface area contributed by atoms with E-state index in [0.717, 1.165) is 56.8 Å². The number of rotatable bonds is 5. The second-order valence-electron chi connectivity index (χ2n) is 6.20. The molecule has 0 saturated carbocycles. The molecule has 1 aromatic carbocycles. The van der Waals surface area contributed by atoms with Crippen LogP contribution < -0.4 is 5.32 Å². The monoisotopic (exact) mass is 329 g/mol. The van der Waals surface area contributed by atoms with E-state index in [2.05, 4.69) is 25.1 Å². The number of hydrogen-bond donors (Lipinski definition) is 1. The van der Waals surface area contributed by atoms with E-state index >= 15 is 0 Å². The van der Waals surface area contributed by atoms with E-state index in [-0.39, 0.29) is 5.82 Å². The van der Waals surface area contributed by atoms with Crippen molar-refractivity contribution in [1.29, 1.82) is 0 Å². The second kappa shape index (κ2) is 8.17. The Balaban J connectivity index is 1.52. The van der Waals surface area contributed by atoms with Crippen LogP contribution in [0.1, 0.15) is 17.5 Å². The van der Waals surface area contributed by atoms with Crippen molar-refractivity contribution in [3.05, 3.63) is 53.6 Å². The number of hydrogen-bond acceptors (Lipinski definition) is 5. The summed E-state index contributed by atoms with van der Waals surface area (Å²) in [6.07, 6.45) is 4.88. The zero-order valence-corrected chi connectivity index (χ0v) is 14.1. The van der Waals surface area contributed by atoms with Crippen LogP contribution in [0.5, 0.6) is 0 Å². The molecule has 1 aliphatic heterocycles. The Morgan fingerprint density at radius 3 is 2.29 bits per heavy atom. The SMILES string of the molecule is CNc1ncc(CN2CCCN(Cc3cccc(F)c3)CC2)cn1. The minimum Gasteiger partial charge on any atom is -0.357 e. The van der Waals surface area contributed by atoms with Crippen molar-refractivity contribution in [1.82, 2.24) is 19.8 Å². The molecule has 128 valence electrons. The van der Waals surface area contributed by atoms with Gasteiger partial charge < -0.3 is 5.32 Å². The molecule has 1 saturated heterocycles. The standard InChI is InChI=1S/C18H24FN5/c1-20-18-21-11-16(12-22-18)14-24-7-3-6-23(8-9-24)13-15-4-2-5-17(19)10-15/h2,4-5,10-12H,3,6-9,13-14H2,1H3,(H,20,21,22). The molecular formula is C18H24FN5. The van der Waals surface area contributed by atoms with Gasteiger partial charge in [0.15, 0.2) is 0 Å². The molecule has 2 heterocycles. The summed E-state index contributed by atoms with van der Waals surface area (Å²) < 4.78 is 13.3. The minimum atomic E-state index is -0.158. The summed E-state index contributed by atoms with van der Waals surface area (Å²) in [5.74, 6) is 0.491. The number of halogens is 1. The van der Waals surface area contributed by atoms with Crippen molar-refractivity contribution in [2.45, 2.75) is 19.5 Å². The molecule has 24 heavy (non-hydrogen) atoms. The maximum Gasteiger partial charge on any atom is 0.222 e. The van der Waals surface area contributed by atoms with Gasteiger partial charge in [0.25, 0.3) is 0 Å². The first-order chi connectivity index (χ1) is 11.7. The first-order valence-electron chi connectivity index (χ1n) is 8.41. The zero-order chi connectivity index (χ0) is 16.8. The van der Waals surface area contributed by atoms with Gasteiger partial charge in [0.2, 0.25) is 5.95 Å². The summed E-state index contributed by atoms with van der Waals surface area (Å²) in [6, 6.07) is 6.90. The molecule has 0 unspecified atom stereocenters. The fourth-order valence-corrected chi connectivity index (χ4v) is 3.06. The highest BCUT2D eigenvalue weighted by Gasteiger charge is 2.15. The van der Waals surface area contributed by atoms with E-state index in [9.17, 15) is 4.39 Å². The molecule has 0 radical (unpaired) electrons. The van der Waals surface area contributed by atoms with Crippen LogP contribution >= 0.6 is 0 Å². The quantitative estimate of drug-likeness (QED) is 0.912. The fourth-order valence-electron chi connectivity index (χ4n) is 3.06. The number of aromatic nitrogens is 2. The van der Waals surface area contributed by atoms with E-state index in [1.807, 2.05) is 25.5 Å². The molecular weight excluding hydrogens is 305 g/mol. The Hall–Kier alpha value is -2.05. The number of nitrogens with zero attached hydrogens (tertiary/aromatic N) is 4. The van der Waals surface area contributed by atoms with Gasteiger partial charge in [-0.25, -0.2) is 14.4 Å². The third-order valence-corrected chi connectivity index (χ3v) is 4.31. The van der Waals surface area contributed by atoms with Gasteiger partial charge in [-0.2, -0.15) is 0 Å². The third-order valence-electron chi connectivity index (χ3n) is 4.31. The zero-order valence-electron chi connectivity index (χ0n) is 14.1. The van der Waals surface area contributed by atoms with Crippen molar-refractivity contribution in [3.63, 3.8) is 0 Å². The maximum atomic E-state index is 13.3. The van der Waals surface area contributed by atoms with E-state index in [0.29, 0.717) is 5.95 Å². The molecule has 0 bridgehead atoms. The van der Waals surface area contributed by atoms with Crippen LogP contribution in [0.3, 0.4) is 0 Å². The second-order valence-corrected chi connectivity index (χ2v) is 6.20. The molecule has 1 aromatic heterocycles. The lowest BCUT2D eigenvalue weighted by Crippen LogP contribution is -2.30. The van der Waals surface area contributed by atoms with Gasteiger partial charge in [-0.15, -0.1) is 0 Å². The summed E-state index contributed by atoms with van der Waals surface area (Å²) in [5.41, 5.74) is 2.17. The lowest BCUT2D eigenvalue weighted by Gasteiger charge is -2.21. The first-order valence-corrected chi connectivity index (χ1v) is 8.41. The fraction of sp³-hybridized carbons (Fsp3) is 0.444. The topological polar surface area (TPSA) is 44.3 Å². The largest absolute Gasteiger partial charge is 0.357 e. The van der Waals surface area contributed by atoms with Crippen molar-refractivity contribution >= 4 is 5.95 Å². The molecule has 0 aliphatic carbocycles. The third kappa shape index (κ3) is 4.72. The van der Waals surface area contributed by atoms with Crippen LogP contribution in [0.4, 0.5) is 10.3 Å². The maximum absolute atomic E-state index is 13.3. The lowest BCUT2D eigenvalue weighted by molar-refractivity contribution is 0.246. The predicted octanol–water partition coefficient (Wildman–Crippen LogP) is 2.37. The summed E-state index contributed by atoms with van der Waals surface area (Å²) in [4.78, 5) is 13.4. The number of anilines is 1. The van der Waals surface area contributed by atoms with Gasteiger partial charge in [-0.05, 0) is 37.2 Å². The van der Waals surface area contributed by atoms with Crippen molar-refractivity contribution < 1.29 is 4.39 Å². The molecule has 5 nitrogen and oxygen atoms in total. The highest BCUT2D eigenvalue weighted by Crippen LogP contribution is 2.12. The Kier molecular flexibility index (Phi) is 5.72. The Bertz CT molecular complexity index is 646. The van der Waals surface area contributed by atoms with E-state index in [1.54, 1.807) is 12.1 Å². The van der Waals surface area contributed by atoms with Crippen LogP contribution in [0.2, 0.25) is 0 Å².